The van der Waals surface area contributed by atoms with Crippen LogP contribution in [0.15, 0.2) is 0 Å². The topological polar surface area (TPSA) is 35.8 Å². The van der Waals surface area contributed by atoms with Crippen molar-refractivity contribution < 1.29 is 0 Å². The molecular formula is C15H28N2. The molecular weight excluding hydrogens is 208 g/mol. The quantitative estimate of drug-likeness (QED) is 0.678. The van der Waals surface area contributed by atoms with Crippen molar-refractivity contribution in [1.29, 1.82) is 5.26 Å². The molecule has 0 radical (unpaired) electrons. The Morgan fingerprint density at radius 3 is 2.71 bits per heavy atom. The standard InChI is InChI=1S/C15H28N2/c1-3-4-5-6-9-13(2)17-15-11-8-7-10-14(15)12-16/h13-15,17H,3-11H2,1-2H3. The summed E-state index contributed by atoms with van der Waals surface area (Å²) in [6.07, 6.45) is 11.4. The number of nitrogens with zero attached hydrogens (tertiary/aromatic N) is 1. The highest BCUT2D eigenvalue weighted by atomic mass is 15.0. The Kier molecular flexibility index (Phi) is 7.28. The minimum atomic E-state index is 0.252. The van der Waals surface area contributed by atoms with E-state index >= 15 is 0 Å². The lowest BCUT2D eigenvalue weighted by Gasteiger charge is -2.30. The first kappa shape index (κ1) is 14.5. The Balaban J connectivity index is 2.19. The fourth-order valence-corrected chi connectivity index (χ4v) is 2.81. The van der Waals surface area contributed by atoms with Crippen molar-refractivity contribution in [1.82, 2.24) is 5.32 Å². The smallest absolute Gasteiger partial charge is 0.0672 e. The summed E-state index contributed by atoms with van der Waals surface area (Å²) >= 11 is 0. The molecule has 3 atom stereocenters. The fourth-order valence-electron chi connectivity index (χ4n) is 2.81. The normalized spacial score (nSPS) is 26.4. The van der Waals surface area contributed by atoms with Gasteiger partial charge in [-0.25, -0.2) is 0 Å². The van der Waals surface area contributed by atoms with Gasteiger partial charge in [-0.05, 0) is 26.2 Å². The molecule has 0 aromatic heterocycles. The van der Waals surface area contributed by atoms with Crippen LogP contribution in [0.1, 0.15) is 71.6 Å². The molecule has 1 saturated carbocycles. The molecule has 0 saturated heterocycles. The third-order valence-electron chi connectivity index (χ3n) is 3.92. The summed E-state index contributed by atoms with van der Waals surface area (Å²) in [5.74, 6) is 0.252. The first-order chi connectivity index (χ1) is 8.27. The van der Waals surface area contributed by atoms with Gasteiger partial charge >= 0.3 is 0 Å². The van der Waals surface area contributed by atoms with E-state index in [9.17, 15) is 0 Å². The molecule has 0 aliphatic heterocycles. The molecule has 1 rings (SSSR count). The van der Waals surface area contributed by atoms with Gasteiger partial charge in [-0.15, -0.1) is 0 Å². The molecule has 17 heavy (non-hydrogen) atoms. The van der Waals surface area contributed by atoms with Crippen LogP contribution in [0.25, 0.3) is 0 Å². The molecule has 1 aliphatic rings. The Bertz CT molecular complexity index is 232. The summed E-state index contributed by atoms with van der Waals surface area (Å²) in [6.45, 7) is 4.52. The molecule has 0 amide bonds. The molecule has 0 spiro atoms. The van der Waals surface area contributed by atoms with Crippen molar-refractivity contribution in [2.75, 3.05) is 0 Å². The van der Waals surface area contributed by atoms with Crippen LogP contribution in [-0.4, -0.2) is 12.1 Å². The van der Waals surface area contributed by atoms with Gasteiger partial charge in [0.25, 0.3) is 0 Å². The zero-order valence-corrected chi connectivity index (χ0v) is 11.5. The lowest BCUT2D eigenvalue weighted by Crippen LogP contribution is -2.42. The first-order valence-electron chi connectivity index (χ1n) is 7.43. The highest BCUT2D eigenvalue weighted by molar-refractivity contribution is 4.95. The Hall–Kier alpha value is -0.550. The fraction of sp³-hybridized carbons (Fsp3) is 0.933. The van der Waals surface area contributed by atoms with Crippen LogP contribution in [0.4, 0.5) is 0 Å². The van der Waals surface area contributed by atoms with E-state index in [1.54, 1.807) is 0 Å². The molecule has 0 aromatic carbocycles. The minimum Gasteiger partial charge on any atom is -0.310 e. The van der Waals surface area contributed by atoms with E-state index in [2.05, 4.69) is 25.2 Å². The molecule has 1 fully saturated rings. The number of hydrogen-bond donors (Lipinski definition) is 1. The van der Waals surface area contributed by atoms with Gasteiger partial charge in [-0.3, -0.25) is 0 Å². The summed E-state index contributed by atoms with van der Waals surface area (Å²) in [6, 6.07) is 3.50. The van der Waals surface area contributed by atoms with Crippen LogP contribution in [0, 0.1) is 17.2 Å². The van der Waals surface area contributed by atoms with E-state index in [0.29, 0.717) is 12.1 Å². The second-order valence-corrected chi connectivity index (χ2v) is 5.54. The van der Waals surface area contributed by atoms with Gasteiger partial charge in [-0.1, -0.05) is 45.4 Å². The van der Waals surface area contributed by atoms with Crippen LogP contribution < -0.4 is 5.32 Å². The average Bonchev–Trinajstić information content (AvgIpc) is 2.35. The maximum Gasteiger partial charge on any atom is 0.0672 e. The van der Waals surface area contributed by atoms with E-state index in [1.807, 2.05) is 0 Å². The summed E-state index contributed by atoms with van der Waals surface area (Å²) in [7, 11) is 0. The molecule has 2 nitrogen and oxygen atoms in total. The molecule has 98 valence electrons. The maximum absolute atomic E-state index is 9.13. The van der Waals surface area contributed by atoms with Crippen LogP contribution in [-0.2, 0) is 0 Å². The number of rotatable bonds is 7. The molecule has 1 aliphatic carbocycles. The van der Waals surface area contributed by atoms with Gasteiger partial charge in [-0.2, -0.15) is 5.26 Å². The molecule has 0 heterocycles. The summed E-state index contributed by atoms with van der Waals surface area (Å²) in [5, 5.41) is 12.8. The van der Waals surface area contributed by atoms with E-state index in [1.165, 1.54) is 51.4 Å². The van der Waals surface area contributed by atoms with E-state index in [0.717, 1.165) is 6.42 Å². The van der Waals surface area contributed by atoms with Crippen molar-refractivity contribution in [3.63, 3.8) is 0 Å². The third-order valence-corrected chi connectivity index (χ3v) is 3.92. The van der Waals surface area contributed by atoms with Crippen molar-refractivity contribution in [3.8, 4) is 6.07 Å². The highest BCUT2D eigenvalue weighted by Gasteiger charge is 2.25. The summed E-state index contributed by atoms with van der Waals surface area (Å²) in [4.78, 5) is 0. The zero-order chi connectivity index (χ0) is 12.5. The Morgan fingerprint density at radius 1 is 1.24 bits per heavy atom. The number of nitriles is 1. The van der Waals surface area contributed by atoms with Crippen molar-refractivity contribution in [2.24, 2.45) is 5.92 Å². The van der Waals surface area contributed by atoms with E-state index < -0.39 is 0 Å². The Morgan fingerprint density at radius 2 is 2.00 bits per heavy atom. The van der Waals surface area contributed by atoms with Crippen molar-refractivity contribution in [3.05, 3.63) is 0 Å². The van der Waals surface area contributed by atoms with Crippen molar-refractivity contribution in [2.45, 2.75) is 83.7 Å². The minimum absolute atomic E-state index is 0.252. The highest BCUT2D eigenvalue weighted by Crippen LogP contribution is 2.24. The molecule has 2 heteroatoms. The third kappa shape index (κ3) is 5.55. The predicted octanol–water partition coefficient (Wildman–Crippen LogP) is 4.02. The van der Waals surface area contributed by atoms with Gasteiger partial charge in [0, 0.05) is 12.1 Å². The number of nitrogens with one attached hydrogen (secondary N) is 1. The van der Waals surface area contributed by atoms with Gasteiger partial charge in [0.1, 0.15) is 0 Å². The summed E-state index contributed by atoms with van der Waals surface area (Å²) in [5.41, 5.74) is 0. The van der Waals surface area contributed by atoms with Gasteiger partial charge in [0.05, 0.1) is 12.0 Å². The number of unbranched alkanes of at least 4 members (excludes halogenated alkanes) is 3. The van der Waals surface area contributed by atoms with Crippen LogP contribution in [0.3, 0.4) is 0 Å². The van der Waals surface area contributed by atoms with Gasteiger partial charge < -0.3 is 5.32 Å². The number of hydrogen-bond acceptors (Lipinski definition) is 2. The second-order valence-electron chi connectivity index (χ2n) is 5.54. The lowest BCUT2D eigenvalue weighted by molar-refractivity contribution is 0.283. The predicted molar refractivity (Wildman–Crippen MR) is 72.7 cm³/mol. The van der Waals surface area contributed by atoms with Crippen LogP contribution in [0.5, 0.6) is 0 Å². The van der Waals surface area contributed by atoms with Gasteiger partial charge in [0.15, 0.2) is 0 Å². The van der Waals surface area contributed by atoms with Crippen LogP contribution >= 0.6 is 0 Å². The van der Waals surface area contributed by atoms with Gasteiger partial charge in [0.2, 0.25) is 0 Å². The molecule has 0 aromatic rings. The van der Waals surface area contributed by atoms with Crippen molar-refractivity contribution >= 4 is 0 Å². The monoisotopic (exact) mass is 236 g/mol. The average molecular weight is 236 g/mol. The summed E-state index contributed by atoms with van der Waals surface area (Å²) < 4.78 is 0. The van der Waals surface area contributed by atoms with E-state index in [-0.39, 0.29) is 5.92 Å². The van der Waals surface area contributed by atoms with E-state index in [4.69, 9.17) is 5.26 Å². The molecule has 0 bridgehead atoms. The Labute approximate surface area is 107 Å². The second kappa shape index (κ2) is 8.53. The molecule has 3 unspecified atom stereocenters. The zero-order valence-electron chi connectivity index (χ0n) is 11.5. The molecule has 1 N–H and O–H groups in total. The lowest BCUT2D eigenvalue weighted by atomic mass is 9.85. The largest absolute Gasteiger partial charge is 0.310 e. The van der Waals surface area contributed by atoms with Crippen LogP contribution in [0.2, 0.25) is 0 Å². The maximum atomic E-state index is 9.13. The first-order valence-corrected chi connectivity index (χ1v) is 7.43. The SMILES string of the molecule is CCCCCCC(C)NC1CCCCC1C#N.